The second-order valence-corrected chi connectivity index (χ2v) is 16.0. The number of hydrogen-bond acceptors (Lipinski definition) is 5. The van der Waals surface area contributed by atoms with Gasteiger partial charge in [-0.2, -0.15) is 13.2 Å². The number of carbonyl (C=O) groups is 2. The van der Waals surface area contributed by atoms with Crippen LogP contribution in [0.15, 0.2) is 43.1 Å². The second kappa shape index (κ2) is 26.9. The number of nitrogens with one attached hydrogen (secondary N) is 1. The molecule has 3 atom stereocenters. The number of pyridine rings is 2. The fraction of sp³-hybridized carbons (Fsp3) is 0.592. The van der Waals surface area contributed by atoms with Crippen LogP contribution in [-0.4, -0.2) is 28.8 Å². The summed E-state index contributed by atoms with van der Waals surface area (Å²) in [4.78, 5) is 30.7. The first-order valence-electron chi connectivity index (χ1n) is 21.6. The molecule has 1 N–H and O–H groups in total. The summed E-state index contributed by atoms with van der Waals surface area (Å²) in [6.45, 7) is 29.4. The van der Waals surface area contributed by atoms with E-state index < -0.39 is 11.9 Å². The molecular formula is C49H74F3N3O3. The largest absolute Gasteiger partial charge is 0.478 e. The van der Waals surface area contributed by atoms with Crippen molar-refractivity contribution in [2.24, 2.45) is 17.8 Å². The summed E-state index contributed by atoms with van der Waals surface area (Å²) in [5.74, 6) is 2.16. The van der Waals surface area contributed by atoms with Gasteiger partial charge in [-0.3, -0.25) is 14.6 Å². The first-order chi connectivity index (χ1) is 27.4. The quantitative estimate of drug-likeness (QED) is 0.0856. The number of alkyl halides is 3. The van der Waals surface area contributed by atoms with Gasteiger partial charge in [0.05, 0.1) is 6.61 Å². The third-order valence-corrected chi connectivity index (χ3v) is 10.7. The van der Waals surface area contributed by atoms with E-state index in [0.717, 1.165) is 47.9 Å². The minimum Gasteiger partial charge on any atom is -0.478 e. The molecule has 0 saturated heterocycles. The van der Waals surface area contributed by atoms with Crippen molar-refractivity contribution in [3.8, 4) is 17.0 Å². The molecule has 9 heteroatoms. The second-order valence-electron chi connectivity index (χ2n) is 16.0. The highest BCUT2D eigenvalue weighted by atomic mass is 19.4. The number of aromatic nitrogens is 2. The van der Waals surface area contributed by atoms with Gasteiger partial charge in [0.15, 0.2) is 5.69 Å². The maximum Gasteiger partial charge on any atom is 0.434 e. The maximum atomic E-state index is 12.9. The molecule has 0 bridgehead atoms. The fourth-order valence-electron chi connectivity index (χ4n) is 6.99. The molecule has 0 aliphatic carbocycles. The first-order valence-corrected chi connectivity index (χ1v) is 21.6. The van der Waals surface area contributed by atoms with E-state index >= 15 is 0 Å². The Hall–Kier alpha value is -4.01. The monoisotopic (exact) mass is 810 g/mol. The number of rotatable bonds is 21. The maximum absolute atomic E-state index is 12.9. The van der Waals surface area contributed by atoms with Gasteiger partial charge in [0.25, 0.3) is 0 Å². The predicted octanol–water partition coefficient (Wildman–Crippen LogP) is 14.0. The molecule has 0 fully saturated rings. The number of ether oxygens (including phenoxy) is 1. The van der Waals surface area contributed by atoms with Crippen LogP contribution >= 0.6 is 0 Å². The average Bonchev–Trinajstić information content (AvgIpc) is 3.18. The SMILES string of the molecule is C=C(NC=O)c1ccc(OCCCC)nc1C(F)(F)F.CCCC[C@H](CCC)CCC(C)CC.CCc1ncc(-c2c(C)cc(C(C)C(=O)C(C)C)cc2C)cc1C. The van der Waals surface area contributed by atoms with E-state index in [2.05, 4.69) is 95.5 Å². The van der Waals surface area contributed by atoms with Crippen molar-refractivity contribution in [3.05, 3.63) is 82.3 Å². The molecule has 0 aliphatic heterocycles. The number of hydrogen-bond donors (Lipinski definition) is 1. The molecule has 2 unspecified atom stereocenters. The topological polar surface area (TPSA) is 81.2 Å². The summed E-state index contributed by atoms with van der Waals surface area (Å²) in [6, 6.07) is 9.05. The molecule has 0 spiro atoms. The highest BCUT2D eigenvalue weighted by Crippen LogP contribution is 2.35. The smallest absolute Gasteiger partial charge is 0.434 e. The number of ketones is 1. The highest BCUT2D eigenvalue weighted by Gasteiger charge is 2.36. The summed E-state index contributed by atoms with van der Waals surface area (Å²) in [5.41, 5.74) is 6.73. The Kier molecular flexibility index (Phi) is 24.1. The van der Waals surface area contributed by atoms with Crippen LogP contribution in [0.5, 0.6) is 5.88 Å². The zero-order valence-electron chi connectivity index (χ0n) is 37.8. The van der Waals surface area contributed by atoms with E-state index in [1.165, 1.54) is 85.8 Å². The molecule has 2 aromatic heterocycles. The van der Waals surface area contributed by atoms with Crippen LogP contribution in [0.2, 0.25) is 0 Å². The molecular weight excluding hydrogens is 736 g/mol. The number of aryl methyl sites for hydroxylation is 4. The molecule has 0 aliphatic rings. The highest BCUT2D eigenvalue weighted by molar-refractivity contribution is 5.87. The van der Waals surface area contributed by atoms with Crippen molar-refractivity contribution in [3.63, 3.8) is 0 Å². The lowest BCUT2D eigenvalue weighted by atomic mass is 9.86. The van der Waals surface area contributed by atoms with Gasteiger partial charge in [0, 0.05) is 46.6 Å². The average molecular weight is 810 g/mol. The predicted molar refractivity (Wildman–Crippen MR) is 236 cm³/mol. The van der Waals surface area contributed by atoms with Gasteiger partial charge in [-0.05, 0) is 85.4 Å². The number of halogens is 3. The Morgan fingerprint density at radius 1 is 0.862 bits per heavy atom. The van der Waals surface area contributed by atoms with Crippen LogP contribution in [-0.2, 0) is 22.2 Å². The van der Waals surface area contributed by atoms with Crippen LogP contribution in [0, 0.1) is 38.5 Å². The molecule has 6 nitrogen and oxygen atoms in total. The van der Waals surface area contributed by atoms with Crippen molar-refractivity contribution >= 4 is 17.9 Å². The molecule has 1 aromatic carbocycles. The minimum absolute atomic E-state index is 0.0567. The van der Waals surface area contributed by atoms with E-state index in [1.54, 1.807) is 0 Å². The lowest BCUT2D eigenvalue weighted by molar-refractivity contribution is -0.141. The lowest BCUT2D eigenvalue weighted by Gasteiger charge is -2.18. The molecule has 58 heavy (non-hydrogen) atoms. The van der Waals surface area contributed by atoms with Gasteiger partial charge in [-0.1, -0.05) is 139 Å². The normalized spacial score (nSPS) is 12.7. The Labute approximate surface area is 349 Å². The summed E-state index contributed by atoms with van der Waals surface area (Å²) in [7, 11) is 0. The first kappa shape index (κ1) is 52.0. The van der Waals surface area contributed by atoms with Crippen LogP contribution in [0.3, 0.4) is 0 Å². The van der Waals surface area contributed by atoms with E-state index in [0.29, 0.717) is 12.4 Å². The Morgan fingerprint density at radius 3 is 2.00 bits per heavy atom. The van der Waals surface area contributed by atoms with Crippen LogP contribution in [0.4, 0.5) is 13.2 Å². The fourth-order valence-corrected chi connectivity index (χ4v) is 6.99. The van der Waals surface area contributed by atoms with Crippen molar-refractivity contribution in [1.82, 2.24) is 15.3 Å². The van der Waals surface area contributed by atoms with Gasteiger partial charge in [-0.25, -0.2) is 4.98 Å². The van der Waals surface area contributed by atoms with Crippen LogP contribution in [0.1, 0.15) is 172 Å². The van der Waals surface area contributed by atoms with E-state index in [4.69, 9.17) is 4.74 Å². The van der Waals surface area contributed by atoms with Crippen molar-refractivity contribution in [1.29, 1.82) is 0 Å². The zero-order chi connectivity index (χ0) is 44.0. The molecule has 324 valence electrons. The summed E-state index contributed by atoms with van der Waals surface area (Å²) < 4.78 is 44.0. The van der Waals surface area contributed by atoms with Crippen LogP contribution < -0.4 is 10.1 Å². The number of carbonyl (C=O) groups excluding carboxylic acids is 2. The van der Waals surface area contributed by atoms with Gasteiger partial charge in [0.1, 0.15) is 5.78 Å². The van der Waals surface area contributed by atoms with Crippen molar-refractivity contribution in [2.75, 3.05) is 6.61 Å². The summed E-state index contributed by atoms with van der Waals surface area (Å²) in [5, 5.41) is 2.09. The third kappa shape index (κ3) is 17.5. The molecule has 3 rings (SSSR count). The molecule has 0 saturated carbocycles. The Bertz CT molecular complexity index is 1680. The number of Topliss-reactive ketones (excluding diaryl/α,β-unsaturated/α-hetero) is 1. The Morgan fingerprint density at radius 2 is 1.50 bits per heavy atom. The molecule has 0 radical (unpaired) electrons. The van der Waals surface area contributed by atoms with E-state index in [9.17, 15) is 22.8 Å². The number of benzene rings is 1. The number of amides is 1. The van der Waals surface area contributed by atoms with Gasteiger partial charge in [0.2, 0.25) is 12.3 Å². The number of unbranched alkanes of at least 4 members (excludes halogenated alkanes) is 2. The Balaban J connectivity index is 0.000000452. The van der Waals surface area contributed by atoms with Gasteiger partial charge >= 0.3 is 6.18 Å². The zero-order valence-corrected chi connectivity index (χ0v) is 37.8. The van der Waals surface area contributed by atoms with E-state index in [-0.39, 0.29) is 35.4 Å². The van der Waals surface area contributed by atoms with Gasteiger partial charge < -0.3 is 10.1 Å². The van der Waals surface area contributed by atoms with E-state index in [1.807, 2.05) is 33.9 Å². The standard InChI is InChI=1S/C22H29NO.C14H30.C13H15F3N2O2/c1-8-20-14(4)9-19(12-23-20)21-15(5)10-18(11-16(21)6)17(7)22(24)13(2)3;1-5-8-10-14(9-6-2)12-11-13(4)7-3;1-3-4-7-20-11-6-5-10(9(2)17-8-19)12(18-11)13(14,15)16/h9-13,17H,8H2,1-7H3;13-14H,5-12H2,1-4H3;5-6,8H,2-4,7H2,1H3,(H,17,19)/t;13?,14-;/m.0./s1. The summed E-state index contributed by atoms with van der Waals surface area (Å²) >= 11 is 0. The van der Waals surface area contributed by atoms with Crippen molar-refractivity contribution < 1.29 is 27.5 Å². The summed E-state index contributed by atoms with van der Waals surface area (Å²) in [6.07, 6.45) is 11.5. The number of nitrogens with zero attached hydrogens (tertiary/aromatic N) is 2. The lowest BCUT2D eigenvalue weighted by Crippen LogP contribution is -2.17. The minimum atomic E-state index is -4.66. The van der Waals surface area contributed by atoms with Gasteiger partial charge in [-0.15, -0.1) is 0 Å². The molecule has 1 amide bonds. The van der Waals surface area contributed by atoms with Crippen molar-refractivity contribution in [2.45, 2.75) is 166 Å². The molecule has 2 heterocycles. The molecule has 3 aromatic rings. The van der Waals surface area contributed by atoms with Crippen LogP contribution in [0.25, 0.3) is 16.8 Å². The third-order valence-electron chi connectivity index (χ3n) is 10.7.